The van der Waals surface area contributed by atoms with Crippen LogP contribution in [0, 0.1) is 6.92 Å². The highest BCUT2D eigenvalue weighted by Crippen LogP contribution is 2.62. The molecule has 7 aromatic rings. The number of hydrogen-bond donors (Lipinski definition) is 0. The summed E-state index contributed by atoms with van der Waals surface area (Å²) < 4.78 is 53.4. The molecule has 4 aliphatic carbocycles. The van der Waals surface area contributed by atoms with E-state index in [4.69, 9.17) is 8.53 Å². The van der Waals surface area contributed by atoms with E-state index in [-0.39, 0.29) is 74.4 Å². The molecule has 0 saturated heterocycles. The molecule has 0 amide bonds. The summed E-state index contributed by atoms with van der Waals surface area (Å²) in [6, 6.07) is 26.8. The van der Waals surface area contributed by atoms with Crippen molar-refractivity contribution in [1.82, 2.24) is 0 Å². The first-order chi connectivity index (χ1) is 35.0. The van der Waals surface area contributed by atoms with Gasteiger partial charge in [-0.05, 0) is 205 Å². The van der Waals surface area contributed by atoms with Crippen molar-refractivity contribution in [3.05, 3.63) is 148 Å². The van der Waals surface area contributed by atoms with Gasteiger partial charge in [0.2, 0.25) is 5.88 Å². The summed E-state index contributed by atoms with van der Waals surface area (Å²) in [7, 11) is 0. The standard InChI is InChI=1S/C66H73BN2O/c1-39-30-42(60(2,3)4)20-23-52(39)69-53-36-48-47(63(9,10)26-27-64(48,11)12)35-51(53)67-57-44-34-49-50(66(14)29-28-65(49,13)38-66)37-56(44)70-59(57)68(43-21-22-45-46(33-43)62(7,8)25-24-61(45,5)6)54-31-41(32-55(69)58(54)67)40-18-16-15-17-19-40/h15-23,30-37H,24-29,38H2,1-14H3/i15D,16D,17D,18D,19D. The van der Waals surface area contributed by atoms with Crippen LogP contribution in [-0.4, -0.2) is 6.71 Å². The van der Waals surface area contributed by atoms with Gasteiger partial charge in [-0.15, -0.1) is 0 Å². The van der Waals surface area contributed by atoms with Crippen molar-refractivity contribution in [2.24, 2.45) is 0 Å². The molecule has 2 aliphatic heterocycles. The van der Waals surface area contributed by atoms with Gasteiger partial charge in [-0.1, -0.05) is 144 Å². The summed E-state index contributed by atoms with van der Waals surface area (Å²) in [4.78, 5) is 4.83. The lowest BCUT2D eigenvalue weighted by Crippen LogP contribution is -2.61. The number of nitrogens with zero attached hydrogens (tertiary/aromatic N) is 2. The first-order valence-corrected chi connectivity index (χ1v) is 26.4. The fraction of sp³-hybridized carbons (Fsp3) is 0.424. The minimum absolute atomic E-state index is 0.000789. The lowest BCUT2D eigenvalue weighted by atomic mass is 9.33. The van der Waals surface area contributed by atoms with E-state index in [1.807, 2.05) is 0 Å². The van der Waals surface area contributed by atoms with Crippen molar-refractivity contribution >= 4 is 68.4 Å². The molecule has 0 spiro atoms. The zero-order valence-electron chi connectivity index (χ0n) is 49.3. The monoisotopic (exact) mass is 926 g/mol. The Labute approximate surface area is 426 Å². The van der Waals surface area contributed by atoms with Gasteiger partial charge in [-0.2, -0.15) is 0 Å². The lowest BCUT2D eigenvalue weighted by Gasteiger charge is -2.47. The van der Waals surface area contributed by atoms with Crippen LogP contribution in [0.4, 0.5) is 34.3 Å². The van der Waals surface area contributed by atoms with E-state index < -0.39 is 6.04 Å². The van der Waals surface area contributed by atoms with Crippen LogP contribution in [0.2, 0.25) is 0 Å². The topological polar surface area (TPSA) is 19.6 Å². The molecule has 2 atom stereocenters. The smallest absolute Gasteiger partial charge is 0.257 e. The molecule has 356 valence electrons. The minimum atomic E-state index is -0.398. The van der Waals surface area contributed by atoms with Crippen molar-refractivity contribution in [3.63, 3.8) is 0 Å². The van der Waals surface area contributed by atoms with E-state index >= 15 is 0 Å². The first-order valence-electron chi connectivity index (χ1n) is 28.9. The van der Waals surface area contributed by atoms with Crippen LogP contribution in [0.15, 0.2) is 107 Å². The Morgan fingerprint density at radius 1 is 0.529 bits per heavy atom. The van der Waals surface area contributed by atoms with Gasteiger partial charge < -0.3 is 9.32 Å². The summed E-state index contributed by atoms with van der Waals surface area (Å²) >= 11 is 0. The van der Waals surface area contributed by atoms with Crippen LogP contribution in [0.25, 0.3) is 22.1 Å². The van der Waals surface area contributed by atoms with Crippen molar-refractivity contribution < 1.29 is 11.3 Å². The summed E-state index contributed by atoms with van der Waals surface area (Å²) in [5.74, 6) is 0.785. The Balaban J connectivity index is 1.22. The molecule has 0 radical (unpaired) electrons. The number of furan rings is 1. The molecule has 2 unspecified atom stereocenters. The summed E-state index contributed by atoms with van der Waals surface area (Å²) in [5.41, 5.74) is 20.8. The number of anilines is 6. The molecule has 1 fully saturated rings. The quantitative estimate of drug-likeness (QED) is 0.165. The Bertz CT molecular complexity index is 3690. The van der Waals surface area contributed by atoms with Gasteiger partial charge in [0, 0.05) is 39.3 Å². The third kappa shape index (κ3) is 6.07. The number of benzene rings is 6. The molecule has 2 bridgehead atoms. The molecule has 3 nitrogen and oxygen atoms in total. The van der Waals surface area contributed by atoms with Crippen LogP contribution in [-0.2, 0) is 37.9 Å². The van der Waals surface area contributed by atoms with Crippen LogP contribution in [0.5, 0.6) is 0 Å². The molecule has 0 N–H and O–H groups in total. The molecule has 1 aromatic heterocycles. The second kappa shape index (κ2) is 13.9. The predicted molar refractivity (Wildman–Crippen MR) is 298 cm³/mol. The average molecular weight is 926 g/mol. The zero-order valence-corrected chi connectivity index (χ0v) is 44.3. The highest BCUT2D eigenvalue weighted by atomic mass is 16.4. The van der Waals surface area contributed by atoms with E-state index in [1.54, 1.807) is 0 Å². The van der Waals surface area contributed by atoms with E-state index in [2.05, 4.69) is 180 Å². The molecular weight excluding hydrogens is 848 g/mol. The highest BCUT2D eigenvalue weighted by Gasteiger charge is 2.55. The summed E-state index contributed by atoms with van der Waals surface area (Å²) in [6.45, 7) is 32.9. The molecule has 3 heterocycles. The second-order valence-electron chi connectivity index (χ2n) is 27.0. The maximum absolute atomic E-state index is 9.53. The SMILES string of the molecule is [2H]c1c([2H])c([2H])c(-c2cc3c4c(c2)N(c2ccc5c(c2)C(C)(C)CCC5(C)C)c2oc5cc6c(cc5c2B4c2cc4c(cc2N3c2ccc(C(C)(C)C)cc2C)C(C)(C)CCC4(C)C)C2(C)CCC6(C)C2)c([2H])c1[2H]. The number of aryl methyl sites for hydroxylation is 1. The van der Waals surface area contributed by atoms with Gasteiger partial charge in [0.25, 0.3) is 6.71 Å². The van der Waals surface area contributed by atoms with Gasteiger partial charge in [0.05, 0.1) is 6.85 Å². The molecule has 70 heavy (non-hydrogen) atoms. The van der Waals surface area contributed by atoms with Crippen LogP contribution in [0.3, 0.4) is 0 Å². The third-order valence-electron chi connectivity index (χ3n) is 19.3. The summed E-state index contributed by atoms with van der Waals surface area (Å²) in [6.07, 6.45) is 7.81. The molecule has 1 saturated carbocycles. The van der Waals surface area contributed by atoms with Crippen LogP contribution in [0.1, 0.15) is 186 Å². The largest absolute Gasteiger partial charge is 0.440 e. The predicted octanol–water partition coefficient (Wildman–Crippen LogP) is 16.2. The van der Waals surface area contributed by atoms with Gasteiger partial charge in [-0.25, -0.2) is 0 Å². The first kappa shape index (κ1) is 39.2. The molecular formula is C66H73BN2O. The molecule has 4 heteroatoms. The number of fused-ring (bicyclic) bond motifs is 13. The van der Waals surface area contributed by atoms with E-state index in [1.165, 1.54) is 62.7 Å². The Morgan fingerprint density at radius 3 is 1.74 bits per heavy atom. The molecule has 6 aromatic carbocycles. The van der Waals surface area contributed by atoms with E-state index in [0.717, 1.165) is 88.4 Å². The van der Waals surface area contributed by atoms with Crippen molar-refractivity contribution in [2.45, 2.75) is 180 Å². The van der Waals surface area contributed by atoms with Gasteiger partial charge in [0.15, 0.2) is 0 Å². The van der Waals surface area contributed by atoms with Crippen LogP contribution < -0.4 is 26.2 Å². The molecule has 6 aliphatic rings. The fourth-order valence-electron chi connectivity index (χ4n) is 14.8. The Morgan fingerprint density at radius 2 is 1.11 bits per heavy atom. The second-order valence-corrected chi connectivity index (χ2v) is 27.0. The average Bonchev–Trinajstić information content (AvgIpc) is 4.21. The van der Waals surface area contributed by atoms with E-state index in [9.17, 15) is 2.74 Å². The van der Waals surface area contributed by atoms with Gasteiger partial charge in [0.1, 0.15) is 5.58 Å². The maximum Gasteiger partial charge on any atom is 0.257 e. The Kier molecular flexibility index (Phi) is 7.80. The van der Waals surface area contributed by atoms with Crippen LogP contribution >= 0.6 is 0 Å². The fourth-order valence-corrected chi connectivity index (χ4v) is 14.8. The van der Waals surface area contributed by atoms with Crippen molar-refractivity contribution in [2.75, 3.05) is 9.80 Å². The van der Waals surface area contributed by atoms with Gasteiger partial charge in [-0.3, -0.25) is 4.90 Å². The highest BCUT2D eigenvalue weighted by molar-refractivity contribution is 7.01. The van der Waals surface area contributed by atoms with Crippen molar-refractivity contribution in [3.8, 4) is 11.1 Å². The normalized spacial score (nSPS) is 24.7. The molecule has 13 rings (SSSR count). The zero-order chi connectivity index (χ0) is 53.4. The number of hydrogen-bond acceptors (Lipinski definition) is 3. The van der Waals surface area contributed by atoms with E-state index in [0.29, 0.717) is 5.56 Å². The Hall–Kier alpha value is -5.48. The van der Waals surface area contributed by atoms with Gasteiger partial charge >= 0.3 is 0 Å². The summed E-state index contributed by atoms with van der Waals surface area (Å²) in [5, 5.41) is 1.16. The third-order valence-corrected chi connectivity index (χ3v) is 19.3. The maximum atomic E-state index is 9.53. The lowest BCUT2D eigenvalue weighted by molar-refractivity contribution is 0.332. The number of rotatable bonds is 3. The minimum Gasteiger partial charge on any atom is -0.440 e. The van der Waals surface area contributed by atoms with Crippen molar-refractivity contribution in [1.29, 1.82) is 0 Å².